The molecule has 0 radical (unpaired) electrons. The number of aromatic amines is 1. The summed E-state index contributed by atoms with van der Waals surface area (Å²) in [6.07, 6.45) is -3.55. The first-order valence-corrected chi connectivity index (χ1v) is 6.81. The van der Waals surface area contributed by atoms with Crippen LogP contribution >= 0.6 is 11.6 Å². The summed E-state index contributed by atoms with van der Waals surface area (Å²) in [7, 11) is -4.16. The number of anilines is 1. The van der Waals surface area contributed by atoms with Crippen LogP contribution in [0.5, 0.6) is 0 Å². The van der Waals surface area contributed by atoms with E-state index < -0.39 is 31.7 Å². The van der Waals surface area contributed by atoms with Crippen molar-refractivity contribution in [2.75, 3.05) is 4.72 Å². The molecule has 0 saturated heterocycles. The van der Waals surface area contributed by atoms with Crippen LogP contribution in [0.15, 0.2) is 29.4 Å². The molecule has 11 heteroatoms. The molecule has 1 aromatic heterocycles. The SMILES string of the molecule is O=S(=O)(Nc1ncn[nH]1)c1ccc(C(F)(F)F)cc1Cl. The summed E-state index contributed by atoms with van der Waals surface area (Å²) in [6.45, 7) is 0. The highest BCUT2D eigenvalue weighted by Crippen LogP contribution is 2.33. The number of H-pyrrole nitrogens is 1. The lowest BCUT2D eigenvalue weighted by molar-refractivity contribution is -0.137. The van der Waals surface area contributed by atoms with Crippen molar-refractivity contribution < 1.29 is 21.6 Å². The number of rotatable bonds is 3. The average Bonchev–Trinajstić information content (AvgIpc) is 2.79. The number of halogens is 4. The quantitative estimate of drug-likeness (QED) is 0.905. The van der Waals surface area contributed by atoms with Crippen LogP contribution in [0.1, 0.15) is 5.56 Å². The standard InChI is InChI=1S/C9H6ClF3N4O2S/c10-6-3-5(9(11,12)13)1-2-7(6)20(18,19)17-8-14-4-15-16-8/h1-4H,(H2,14,15,16,17). The summed E-state index contributed by atoms with van der Waals surface area (Å²) in [6, 6.07) is 1.93. The van der Waals surface area contributed by atoms with Gasteiger partial charge in [0.1, 0.15) is 11.2 Å². The van der Waals surface area contributed by atoms with Crippen LogP contribution in [0.2, 0.25) is 5.02 Å². The molecule has 0 spiro atoms. The Bertz CT molecular complexity index is 715. The lowest BCUT2D eigenvalue weighted by atomic mass is 10.2. The molecule has 0 fully saturated rings. The molecule has 6 nitrogen and oxygen atoms in total. The third-order valence-electron chi connectivity index (χ3n) is 2.19. The second kappa shape index (κ2) is 4.94. The third kappa shape index (κ3) is 3.02. The number of aromatic nitrogens is 3. The zero-order chi connectivity index (χ0) is 15.0. The Morgan fingerprint density at radius 3 is 2.50 bits per heavy atom. The molecule has 0 unspecified atom stereocenters. The van der Waals surface area contributed by atoms with E-state index in [-0.39, 0.29) is 5.95 Å². The van der Waals surface area contributed by atoms with Crippen molar-refractivity contribution in [3.05, 3.63) is 35.1 Å². The predicted octanol–water partition coefficient (Wildman–Crippen LogP) is 2.28. The van der Waals surface area contributed by atoms with E-state index in [1.54, 1.807) is 0 Å². The largest absolute Gasteiger partial charge is 0.416 e. The van der Waals surface area contributed by atoms with Gasteiger partial charge in [0.2, 0.25) is 5.95 Å². The van der Waals surface area contributed by atoms with Crippen LogP contribution in [0.4, 0.5) is 19.1 Å². The molecule has 0 aliphatic rings. The molecule has 0 aliphatic heterocycles. The molecule has 0 amide bonds. The Labute approximate surface area is 116 Å². The van der Waals surface area contributed by atoms with Crippen molar-refractivity contribution in [2.24, 2.45) is 0 Å². The van der Waals surface area contributed by atoms with Crippen molar-refractivity contribution in [3.63, 3.8) is 0 Å². The van der Waals surface area contributed by atoms with E-state index in [0.29, 0.717) is 12.1 Å². The van der Waals surface area contributed by atoms with Gasteiger partial charge in [-0.1, -0.05) is 11.6 Å². The number of benzene rings is 1. The second-order valence-corrected chi connectivity index (χ2v) is 5.64. The molecular formula is C9H6ClF3N4O2S. The Hall–Kier alpha value is -1.81. The number of nitrogens with zero attached hydrogens (tertiary/aromatic N) is 2. The Kier molecular flexibility index (Phi) is 3.61. The fraction of sp³-hybridized carbons (Fsp3) is 0.111. The summed E-state index contributed by atoms with van der Waals surface area (Å²) < 4.78 is 63.2. The minimum atomic E-state index is -4.61. The van der Waals surface area contributed by atoms with E-state index in [2.05, 4.69) is 15.2 Å². The first-order valence-electron chi connectivity index (χ1n) is 4.95. The number of alkyl halides is 3. The molecule has 0 bridgehead atoms. The van der Waals surface area contributed by atoms with Gasteiger partial charge in [0.25, 0.3) is 10.0 Å². The van der Waals surface area contributed by atoms with Gasteiger partial charge < -0.3 is 0 Å². The first-order chi connectivity index (χ1) is 9.20. The second-order valence-electron chi connectivity index (χ2n) is 3.58. The lowest BCUT2D eigenvalue weighted by Crippen LogP contribution is -2.15. The maximum atomic E-state index is 12.5. The van der Waals surface area contributed by atoms with Gasteiger partial charge in [-0.2, -0.15) is 23.3 Å². The first kappa shape index (κ1) is 14.6. The molecule has 0 aliphatic carbocycles. The van der Waals surface area contributed by atoms with Gasteiger partial charge in [0.05, 0.1) is 10.6 Å². The highest BCUT2D eigenvalue weighted by atomic mass is 35.5. The Balaban J connectivity index is 2.38. The molecule has 20 heavy (non-hydrogen) atoms. The highest BCUT2D eigenvalue weighted by Gasteiger charge is 2.32. The topological polar surface area (TPSA) is 87.7 Å². The summed E-state index contributed by atoms with van der Waals surface area (Å²) in [5.74, 6) is -0.180. The molecule has 1 aromatic carbocycles. The van der Waals surface area contributed by atoms with Crippen LogP contribution in [-0.2, 0) is 16.2 Å². The normalized spacial score (nSPS) is 12.4. The Morgan fingerprint density at radius 2 is 2.00 bits per heavy atom. The number of hydrogen-bond acceptors (Lipinski definition) is 4. The van der Waals surface area contributed by atoms with E-state index in [1.807, 2.05) is 4.72 Å². The van der Waals surface area contributed by atoms with Gasteiger partial charge in [-0.25, -0.2) is 18.2 Å². The lowest BCUT2D eigenvalue weighted by Gasteiger charge is -2.10. The summed E-state index contributed by atoms with van der Waals surface area (Å²) >= 11 is 5.59. The molecule has 2 aromatic rings. The summed E-state index contributed by atoms with van der Waals surface area (Å²) in [5, 5.41) is 5.12. The fourth-order valence-electron chi connectivity index (χ4n) is 1.33. The van der Waals surface area contributed by atoms with E-state index in [4.69, 9.17) is 11.6 Å². The van der Waals surface area contributed by atoms with Crippen molar-refractivity contribution in [1.29, 1.82) is 0 Å². The Morgan fingerprint density at radius 1 is 1.30 bits per heavy atom. The summed E-state index contributed by atoms with van der Waals surface area (Å²) in [4.78, 5) is 3.04. The van der Waals surface area contributed by atoms with E-state index in [0.717, 1.165) is 12.4 Å². The van der Waals surface area contributed by atoms with E-state index >= 15 is 0 Å². The number of sulfonamides is 1. The van der Waals surface area contributed by atoms with Gasteiger partial charge in [-0.05, 0) is 18.2 Å². The maximum Gasteiger partial charge on any atom is 0.416 e. The third-order valence-corrected chi connectivity index (χ3v) is 4.02. The van der Waals surface area contributed by atoms with Crippen molar-refractivity contribution in [2.45, 2.75) is 11.1 Å². The van der Waals surface area contributed by atoms with E-state index in [1.165, 1.54) is 0 Å². The number of nitrogens with one attached hydrogen (secondary N) is 2. The molecule has 108 valence electrons. The van der Waals surface area contributed by atoms with Crippen LogP contribution in [0.3, 0.4) is 0 Å². The zero-order valence-electron chi connectivity index (χ0n) is 9.44. The van der Waals surface area contributed by atoms with Crippen molar-refractivity contribution >= 4 is 27.6 Å². The van der Waals surface area contributed by atoms with Crippen molar-refractivity contribution in [1.82, 2.24) is 15.2 Å². The molecule has 0 saturated carbocycles. The minimum absolute atomic E-state index is 0.180. The fourth-order valence-corrected chi connectivity index (χ4v) is 2.84. The molecular weight excluding hydrogens is 321 g/mol. The predicted molar refractivity (Wildman–Crippen MR) is 63.6 cm³/mol. The van der Waals surface area contributed by atoms with Gasteiger partial charge in [0.15, 0.2) is 0 Å². The molecule has 1 heterocycles. The van der Waals surface area contributed by atoms with Gasteiger partial charge in [0, 0.05) is 0 Å². The van der Waals surface area contributed by atoms with Crippen LogP contribution in [-0.4, -0.2) is 23.6 Å². The number of hydrogen-bond donors (Lipinski definition) is 2. The van der Waals surface area contributed by atoms with Gasteiger partial charge in [-0.15, -0.1) is 0 Å². The zero-order valence-corrected chi connectivity index (χ0v) is 11.0. The summed E-state index contributed by atoms with van der Waals surface area (Å²) in [5.41, 5.74) is -1.04. The highest BCUT2D eigenvalue weighted by molar-refractivity contribution is 7.92. The van der Waals surface area contributed by atoms with Crippen LogP contribution in [0.25, 0.3) is 0 Å². The van der Waals surface area contributed by atoms with Gasteiger partial charge >= 0.3 is 6.18 Å². The molecule has 2 rings (SSSR count). The van der Waals surface area contributed by atoms with E-state index in [9.17, 15) is 21.6 Å². The average molecular weight is 327 g/mol. The monoisotopic (exact) mass is 326 g/mol. The van der Waals surface area contributed by atoms with Crippen LogP contribution in [0, 0.1) is 0 Å². The molecule has 0 atom stereocenters. The van der Waals surface area contributed by atoms with Crippen molar-refractivity contribution in [3.8, 4) is 0 Å². The van der Waals surface area contributed by atoms with Crippen LogP contribution < -0.4 is 4.72 Å². The minimum Gasteiger partial charge on any atom is -0.248 e. The molecule has 2 N–H and O–H groups in total. The smallest absolute Gasteiger partial charge is 0.248 e. The maximum absolute atomic E-state index is 12.5. The van der Waals surface area contributed by atoms with Gasteiger partial charge in [-0.3, -0.25) is 0 Å².